The van der Waals surface area contributed by atoms with E-state index in [9.17, 15) is 19.8 Å². The molecule has 2 aromatic rings. The minimum absolute atomic E-state index is 0.000161. The minimum Gasteiger partial charge on any atom is -0.508 e. The summed E-state index contributed by atoms with van der Waals surface area (Å²) in [6.07, 6.45) is 0.534. The summed E-state index contributed by atoms with van der Waals surface area (Å²) in [7, 11) is 3.09. The van der Waals surface area contributed by atoms with Crippen molar-refractivity contribution in [3.63, 3.8) is 0 Å². The summed E-state index contributed by atoms with van der Waals surface area (Å²) in [5, 5.41) is 20.6. The van der Waals surface area contributed by atoms with Gasteiger partial charge in [-0.15, -0.1) is 0 Å². The SMILES string of the molecule is COCCCN1C(=O)C(=O)/C(=C(\O)c2ccc(OC)c(Br)c2)C1c1ccc(O)cc1. The van der Waals surface area contributed by atoms with Crippen LogP contribution in [0.3, 0.4) is 0 Å². The van der Waals surface area contributed by atoms with Crippen LogP contribution in [-0.2, 0) is 14.3 Å². The number of hydrogen-bond donors (Lipinski definition) is 2. The van der Waals surface area contributed by atoms with E-state index in [1.807, 2.05) is 0 Å². The molecule has 1 atom stereocenters. The van der Waals surface area contributed by atoms with Gasteiger partial charge in [-0.1, -0.05) is 12.1 Å². The Morgan fingerprint density at radius 2 is 1.83 bits per heavy atom. The number of aliphatic hydroxyl groups is 1. The summed E-state index contributed by atoms with van der Waals surface area (Å²) in [6, 6.07) is 10.3. The second-order valence-electron chi connectivity index (χ2n) is 6.78. The van der Waals surface area contributed by atoms with Crippen LogP contribution in [-0.4, -0.2) is 54.2 Å². The molecule has 2 N–H and O–H groups in total. The second kappa shape index (κ2) is 9.32. The third kappa shape index (κ3) is 4.20. The molecule has 0 spiro atoms. The third-order valence-corrected chi connectivity index (χ3v) is 5.54. The average molecular weight is 476 g/mol. The summed E-state index contributed by atoms with van der Waals surface area (Å²) in [5.41, 5.74) is 0.986. The van der Waals surface area contributed by atoms with Crippen LogP contribution in [0.4, 0.5) is 0 Å². The van der Waals surface area contributed by atoms with Gasteiger partial charge in [-0.25, -0.2) is 0 Å². The molecule has 1 aliphatic heterocycles. The largest absolute Gasteiger partial charge is 0.508 e. The van der Waals surface area contributed by atoms with Crippen molar-refractivity contribution in [2.75, 3.05) is 27.4 Å². The predicted molar refractivity (Wildman–Crippen MR) is 114 cm³/mol. The van der Waals surface area contributed by atoms with Crippen molar-refractivity contribution in [3.8, 4) is 11.5 Å². The molecule has 1 heterocycles. The molecule has 0 aliphatic carbocycles. The fourth-order valence-electron chi connectivity index (χ4n) is 3.46. The lowest BCUT2D eigenvalue weighted by Crippen LogP contribution is -2.31. The number of phenolic OH excluding ortho intramolecular Hbond substituents is 1. The third-order valence-electron chi connectivity index (χ3n) is 4.92. The molecule has 1 fully saturated rings. The molecule has 8 heteroatoms. The fourth-order valence-corrected chi connectivity index (χ4v) is 4.00. The number of carbonyl (C=O) groups is 2. The van der Waals surface area contributed by atoms with E-state index in [4.69, 9.17) is 9.47 Å². The summed E-state index contributed by atoms with van der Waals surface area (Å²) in [6.45, 7) is 0.712. The molecule has 7 nitrogen and oxygen atoms in total. The quantitative estimate of drug-likeness (QED) is 0.274. The first-order valence-electron chi connectivity index (χ1n) is 9.29. The van der Waals surface area contributed by atoms with Crippen molar-refractivity contribution < 1.29 is 29.3 Å². The van der Waals surface area contributed by atoms with Gasteiger partial charge in [0.1, 0.15) is 17.3 Å². The van der Waals surface area contributed by atoms with Crippen molar-refractivity contribution in [1.29, 1.82) is 0 Å². The van der Waals surface area contributed by atoms with Crippen LogP contribution in [0, 0.1) is 0 Å². The van der Waals surface area contributed by atoms with Gasteiger partial charge in [0.2, 0.25) is 0 Å². The number of aromatic hydroxyl groups is 1. The summed E-state index contributed by atoms with van der Waals surface area (Å²) < 4.78 is 10.9. The Bertz CT molecular complexity index is 986. The maximum absolute atomic E-state index is 12.9. The van der Waals surface area contributed by atoms with Gasteiger partial charge in [0.15, 0.2) is 0 Å². The molecule has 1 amide bonds. The number of ether oxygens (including phenoxy) is 2. The van der Waals surface area contributed by atoms with Crippen molar-refractivity contribution in [1.82, 2.24) is 4.90 Å². The van der Waals surface area contributed by atoms with Gasteiger partial charge >= 0.3 is 0 Å². The molecule has 1 aliphatic rings. The van der Waals surface area contributed by atoms with E-state index in [0.29, 0.717) is 34.4 Å². The highest BCUT2D eigenvalue weighted by Gasteiger charge is 2.45. The molecule has 0 radical (unpaired) electrons. The van der Waals surface area contributed by atoms with Crippen LogP contribution in [0.1, 0.15) is 23.6 Å². The van der Waals surface area contributed by atoms with E-state index < -0.39 is 17.7 Å². The molecule has 0 bridgehead atoms. The van der Waals surface area contributed by atoms with Crippen LogP contribution in [0.2, 0.25) is 0 Å². The number of Topliss-reactive ketones (excluding diaryl/α,β-unsaturated/α-hetero) is 1. The highest BCUT2D eigenvalue weighted by Crippen LogP contribution is 2.40. The minimum atomic E-state index is -0.775. The van der Waals surface area contributed by atoms with Crippen molar-refractivity contribution >= 4 is 33.4 Å². The number of ketones is 1. The predicted octanol–water partition coefficient (Wildman–Crippen LogP) is 3.62. The molecule has 0 aromatic heterocycles. The Balaban J connectivity index is 2.12. The zero-order chi connectivity index (χ0) is 21.8. The summed E-state index contributed by atoms with van der Waals surface area (Å²) in [4.78, 5) is 27.1. The van der Waals surface area contributed by atoms with E-state index in [1.54, 1.807) is 37.4 Å². The summed E-state index contributed by atoms with van der Waals surface area (Å²) >= 11 is 3.37. The number of amides is 1. The van der Waals surface area contributed by atoms with Gasteiger partial charge in [0.05, 0.1) is 23.2 Å². The normalized spacial score (nSPS) is 18.1. The molecule has 158 valence electrons. The molecule has 0 saturated carbocycles. The highest BCUT2D eigenvalue weighted by molar-refractivity contribution is 9.10. The Morgan fingerprint density at radius 1 is 1.13 bits per heavy atom. The monoisotopic (exact) mass is 475 g/mol. The lowest BCUT2D eigenvalue weighted by Gasteiger charge is -2.25. The van der Waals surface area contributed by atoms with Crippen LogP contribution in [0.25, 0.3) is 5.76 Å². The van der Waals surface area contributed by atoms with Crippen molar-refractivity contribution in [3.05, 3.63) is 63.6 Å². The van der Waals surface area contributed by atoms with E-state index in [-0.39, 0.29) is 23.6 Å². The standard InChI is InChI=1S/C22H22BrNO6/c1-29-11-3-10-24-19(13-4-7-15(25)8-5-13)18(21(27)22(24)28)20(26)14-6-9-17(30-2)16(23)12-14/h4-9,12,19,25-26H,3,10-11H2,1-2H3/b20-18-. The number of methoxy groups -OCH3 is 2. The topological polar surface area (TPSA) is 96.3 Å². The Morgan fingerprint density at radius 3 is 2.43 bits per heavy atom. The van der Waals surface area contributed by atoms with E-state index in [0.717, 1.165) is 0 Å². The molecule has 1 unspecified atom stereocenters. The number of carbonyl (C=O) groups excluding carboxylic acids is 2. The average Bonchev–Trinajstić information content (AvgIpc) is 2.99. The van der Waals surface area contributed by atoms with Gasteiger partial charge < -0.3 is 24.6 Å². The van der Waals surface area contributed by atoms with Crippen LogP contribution < -0.4 is 4.74 Å². The number of likely N-dealkylation sites (tertiary alicyclic amines) is 1. The van der Waals surface area contributed by atoms with Crippen molar-refractivity contribution in [2.45, 2.75) is 12.5 Å². The smallest absolute Gasteiger partial charge is 0.295 e. The first-order valence-corrected chi connectivity index (χ1v) is 10.1. The van der Waals surface area contributed by atoms with E-state index >= 15 is 0 Å². The van der Waals surface area contributed by atoms with Gasteiger partial charge in [-0.2, -0.15) is 0 Å². The number of rotatable bonds is 7. The lowest BCUT2D eigenvalue weighted by molar-refractivity contribution is -0.140. The fraction of sp³-hybridized carbons (Fsp3) is 0.273. The number of hydrogen-bond acceptors (Lipinski definition) is 6. The van der Waals surface area contributed by atoms with Crippen LogP contribution >= 0.6 is 15.9 Å². The Hall–Kier alpha value is -2.84. The summed E-state index contributed by atoms with van der Waals surface area (Å²) in [5.74, 6) is -1.08. The zero-order valence-corrected chi connectivity index (χ0v) is 18.2. The van der Waals surface area contributed by atoms with Gasteiger partial charge in [0.25, 0.3) is 11.7 Å². The molecule has 30 heavy (non-hydrogen) atoms. The van der Waals surface area contributed by atoms with Gasteiger partial charge in [0, 0.05) is 25.8 Å². The molecule has 1 saturated heterocycles. The highest BCUT2D eigenvalue weighted by atomic mass is 79.9. The number of benzene rings is 2. The zero-order valence-electron chi connectivity index (χ0n) is 16.6. The molecular weight excluding hydrogens is 454 g/mol. The molecule has 2 aromatic carbocycles. The van der Waals surface area contributed by atoms with E-state index in [2.05, 4.69) is 15.9 Å². The maximum atomic E-state index is 12.9. The van der Waals surface area contributed by atoms with Crippen LogP contribution in [0.15, 0.2) is 52.5 Å². The van der Waals surface area contributed by atoms with Crippen LogP contribution in [0.5, 0.6) is 11.5 Å². The molecule has 3 rings (SSSR count). The first-order chi connectivity index (χ1) is 14.4. The Labute approximate surface area is 182 Å². The van der Waals surface area contributed by atoms with Crippen molar-refractivity contribution in [2.24, 2.45) is 0 Å². The number of nitrogens with zero attached hydrogens (tertiary/aromatic N) is 1. The lowest BCUT2D eigenvalue weighted by atomic mass is 9.95. The number of phenols is 1. The number of aliphatic hydroxyl groups excluding tert-OH is 1. The number of halogens is 1. The van der Waals surface area contributed by atoms with E-state index in [1.165, 1.54) is 24.1 Å². The van der Waals surface area contributed by atoms with Gasteiger partial charge in [-0.3, -0.25) is 9.59 Å². The maximum Gasteiger partial charge on any atom is 0.295 e. The molecular formula is C22H22BrNO6. The Kier molecular flexibility index (Phi) is 6.79. The first kappa shape index (κ1) is 21.9. The van der Waals surface area contributed by atoms with Gasteiger partial charge in [-0.05, 0) is 58.2 Å². The second-order valence-corrected chi connectivity index (χ2v) is 7.63.